The summed E-state index contributed by atoms with van der Waals surface area (Å²) in [6, 6.07) is 6.27. The van der Waals surface area contributed by atoms with E-state index in [0.29, 0.717) is 27.8 Å². The first-order valence-corrected chi connectivity index (χ1v) is 5.53. The summed E-state index contributed by atoms with van der Waals surface area (Å²) in [4.78, 5) is 15.2. The molecular formula is C14H10FNO2. The molecule has 0 atom stereocenters. The van der Waals surface area contributed by atoms with E-state index in [0.717, 1.165) is 0 Å². The Morgan fingerprint density at radius 1 is 1.28 bits per heavy atom. The topological polar surface area (TPSA) is 46.0 Å². The van der Waals surface area contributed by atoms with Crippen LogP contribution >= 0.6 is 0 Å². The average Bonchev–Trinajstić information content (AvgIpc) is 2.95. The van der Waals surface area contributed by atoms with Gasteiger partial charge in [-0.2, -0.15) is 0 Å². The van der Waals surface area contributed by atoms with Gasteiger partial charge in [-0.05, 0) is 25.1 Å². The molecule has 0 aliphatic carbocycles. The standard InChI is InChI=1S/C14H10FNO2/c1-8-9(5-6-18-8)14(17)10-7-16-12-4-2-3-11(15)13(10)12/h2-7,16H,1H3. The molecule has 90 valence electrons. The second-order valence-electron chi connectivity index (χ2n) is 4.08. The number of halogens is 1. The molecule has 3 nitrogen and oxygen atoms in total. The molecule has 2 aromatic heterocycles. The van der Waals surface area contributed by atoms with Gasteiger partial charge in [-0.1, -0.05) is 6.07 Å². The van der Waals surface area contributed by atoms with E-state index < -0.39 is 5.82 Å². The molecule has 4 heteroatoms. The van der Waals surface area contributed by atoms with E-state index in [1.54, 1.807) is 25.1 Å². The monoisotopic (exact) mass is 243 g/mol. The number of rotatable bonds is 2. The van der Waals surface area contributed by atoms with Crippen LogP contribution in [0, 0.1) is 12.7 Å². The molecule has 0 aliphatic rings. The third-order valence-corrected chi connectivity index (χ3v) is 3.00. The molecule has 0 amide bonds. The van der Waals surface area contributed by atoms with E-state index in [1.165, 1.54) is 18.5 Å². The number of ketones is 1. The van der Waals surface area contributed by atoms with Crippen LogP contribution < -0.4 is 0 Å². The molecule has 0 fully saturated rings. The molecule has 0 aliphatic heterocycles. The minimum atomic E-state index is -0.404. The number of hydrogen-bond donors (Lipinski definition) is 1. The van der Waals surface area contributed by atoms with Crippen LogP contribution in [0.3, 0.4) is 0 Å². The highest BCUT2D eigenvalue weighted by molar-refractivity contribution is 6.16. The van der Waals surface area contributed by atoms with Crippen molar-refractivity contribution in [1.82, 2.24) is 4.98 Å². The van der Waals surface area contributed by atoms with Gasteiger partial charge in [0.15, 0.2) is 5.78 Å². The van der Waals surface area contributed by atoms with Crippen molar-refractivity contribution in [3.05, 3.63) is 59.4 Å². The number of carbonyl (C=O) groups excluding carboxylic acids is 1. The number of benzene rings is 1. The maximum atomic E-state index is 13.8. The lowest BCUT2D eigenvalue weighted by molar-refractivity contribution is 0.103. The summed E-state index contributed by atoms with van der Waals surface area (Å²) in [7, 11) is 0. The van der Waals surface area contributed by atoms with Crippen LogP contribution in [0.1, 0.15) is 21.7 Å². The number of H-pyrrole nitrogens is 1. The number of aryl methyl sites for hydroxylation is 1. The zero-order chi connectivity index (χ0) is 12.7. The van der Waals surface area contributed by atoms with Gasteiger partial charge in [0.05, 0.1) is 17.4 Å². The van der Waals surface area contributed by atoms with E-state index >= 15 is 0 Å². The summed E-state index contributed by atoms with van der Waals surface area (Å²) in [5.41, 5.74) is 1.39. The van der Waals surface area contributed by atoms with Crippen molar-refractivity contribution in [3.63, 3.8) is 0 Å². The Hall–Kier alpha value is -2.36. The second kappa shape index (κ2) is 3.84. The third-order valence-electron chi connectivity index (χ3n) is 3.00. The predicted molar refractivity (Wildman–Crippen MR) is 65.1 cm³/mol. The predicted octanol–water partition coefficient (Wildman–Crippen LogP) is 3.44. The summed E-state index contributed by atoms with van der Waals surface area (Å²) >= 11 is 0. The quantitative estimate of drug-likeness (QED) is 0.701. The average molecular weight is 243 g/mol. The molecule has 3 aromatic rings. The first kappa shape index (κ1) is 10.8. The molecule has 0 unspecified atom stereocenters. The highest BCUT2D eigenvalue weighted by Crippen LogP contribution is 2.25. The van der Waals surface area contributed by atoms with E-state index in [1.807, 2.05) is 0 Å². The summed E-state index contributed by atoms with van der Waals surface area (Å²) < 4.78 is 18.9. The van der Waals surface area contributed by atoms with Crippen LogP contribution in [0.4, 0.5) is 4.39 Å². The van der Waals surface area contributed by atoms with Gasteiger partial charge in [-0.25, -0.2) is 4.39 Å². The molecular weight excluding hydrogens is 233 g/mol. The fourth-order valence-electron chi connectivity index (χ4n) is 2.08. The van der Waals surface area contributed by atoms with Crippen molar-refractivity contribution in [1.29, 1.82) is 0 Å². The fourth-order valence-corrected chi connectivity index (χ4v) is 2.08. The van der Waals surface area contributed by atoms with Gasteiger partial charge in [-0.3, -0.25) is 4.79 Å². The number of nitrogens with one attached hydrogen (secondary N) is 1. The van der Waals surface area contributed by atoms with Gasteiger partial charge >= 0.3 is 0 Å². The summed E-state index contributed by atoms with van der Waals surface area (Å²) in [6.45, 7) is 1.71. The van der Waals surface area contributed by atoms with Gasteiger partial charge < -0.3 is 9.40 Å². The Kier molecular flexibility index (Phi) is 2.30. The Morgan fingerprint density at radius 2 is 2.11 bits per heavy atom. The molecule has 0 spiro atoms. The largest absolute Gasteiger partial charge is 0.469 e. The van der Waals surface area contributed by atoms with Gasteiger partial charge in [0.1, 0.15) is 11.6 Å². The lowest BCUT2D eigenvalue weighted by Gasteiger charge is -1.98. The first-order chi connectivity index (χ1) is 8.68. The van der Waals surface area contributed by atoms with Crippen molar-refractivity contribution in [3.8, 4) is 0 Å². The summed E-state index contributed by atoms with van der Waals surface area (Å²) in [6.07, 6.45) is 2.98. The van der Waals surface area contributed by atoms with E-state index in [9.17, 15) is 9.18 Å². The highest BCUT2D eigenvalue weighted by Gasteiger charge is 2.19. The maximum Gasteiger partial charge on any atom is 0.198 e. The SMILES string of the molecule is Cc1occc1C(=O)c1c[nH]c2cccc(F)c12. The number of aromatic nitrogens is 1. The molecule has 1 N–H and O–H groups in total. The molecule has 3 rings (SSSR count). The first-order valence-electron chi connectivity index (χ1n) is 5.53. The zero-order valence-electron chi connectivity index (χ0n) is 9.66. The molecule has 0 bridgehead atoms. The zero-order valence-corrected chi connectivity index (χ0v) is 9.66. The van der Waals surface area contributed by atoms with E-state index in [-0.39, 0.29) is 5.78 Å². The van der Waals surface area contributed by atoms with Crippen LogP contribution in [0.2, 0.25) is 0 Å². The molecule has 1 aromatic carbocycles. The Balaban J connectivity index is 2.22. The molecule has 2 heterocycles. The van der Waals surface area contributed by atoms with Crippen LogP contribution in [0.15, 0.2) is 41.1 Å². The highest BCUT2D eigenvalue weighted by atomic mass is 19.1. The van der Waals surface area contributed by atoms with Gasteiger partial charge in [-0.15, -0.1) is 0 Å². The Labute approximate surface area is 102 Å². The van der Waals surface area contributed by atoms with Crippen LogP contribution in [-0.4, -0.2) is 10.8 Å². The van der Waals surface area contributed by atoms with Gasteiger partial charge in [0.25, 0.3) is 0 Å². The van der Waals surface area contributed by atoms with Crippen molar-refractivity contribution in [2.75, 3.05) is 0 Å². The number of carbonyl (C=O) groups is 1. The fraction of sp³-hybridized carbons (Fsp3) is 0.0714. The molecule has 0 saturated heterocycles. The number of furan rings is 1. The Bertz CT molecular complexity index is 739. The minimum Gasteiger partial charge on any atom is -0.469 e. The maximum absolute atomic E-state index is 13.8. The third kappa shape index (κ3) is 1.46. The van der Waals surface area contributed by atoms with Gasteiger partial charge in [0, 0.05) is 17.1 Å². The van der Waals surface area contributed by atoms with Crippen LogP contribution in [0.5, 0.6) is 0 Å². The lowest BCUT2D eigenvalue weighted by Crippen LogP contribution is -2.01. The normalized spacial score (nSPS) is 11.0. The molecule has 0 radical (unpaired) electrons. The second-order valence-corrected chi connectivity index (χ2v) is 4.08. The van der Waals surface area contributed by atoms with Crippen molar-refractivity contribution in [2.24, 2.45) is 0 Å². The minimum absolute atomic E-state index is 0.238. The lowest BCUT2D eigenvalue weighted by atomic mass is 10.0. The van der Waals surface area contributed by atoms with E-state index in [2.05, 4.69) is 4.98 Å². The number of aromatic amines is 1. The van der Waals surface area contributed by atoms with Crippen molar-refractivity contribution < 1.29 is 13.6 Å². The summed E-state index contributed by atoms with van der Waals surface area (Å²) in [5.74, 6) is -0.110. The van der Waals surface area contributed by atoms with Gasteiger partial charge in [0.2, 0.25) is 0 Å². The molecule has 18 heavy (non-hydrogen) atoms. The smallest absolute Gasteiger partial charge is 0.198 e. The molecule has 0 saturated carbocycles. The Morgan fingerprint density at radius 3 is 2.83 bits per heavy atom. The summed E-state index contributed by atoms with van der Waals surface area (Å²) in [5, 5.41) is 0.322. The van der Waals surface area contributed by atoms with Crippen LogP contribution in [-0.2, 0) is 0 Å². The number of hydrogen-bond acceptors (Lipinski definition) is 2. The van der Waals surface area contributed by atoms with E-state index in [4.69, 9.17) is 4.42 Å². The van der Waals surface area contributed by atoms with Crippen molar-refractivity contribution in [2.45, 2.75) is 6.92 Å². The van der Waals surface area contributed by atoms with Crippen molar-refractivity contribution >= 4 is 16.7 Å². The van der Waals surface area contributed by atoms with Crippen LogP contribution in [0.25, 0.3) is 10.9 Å². The number of fused-ring (bicyclic) bond motifs is 1.